The second-order valence-corrected chi connectivity index (χ2v) is 15.7. The summed E-state index contributed by atoms with van der Waals surface area (Å²) in [6.45, 7) is 0.357. The number of aromatic nitrogens is 4. The third-order valence-corrected chi connectivity index (χ3v) is 11.2. The summed E-state index contributed by atoms with van der Waals surface area (Å²) in [5.74, 6) is 0. The van der Waals surface area contributed by atoms with Crippen molar-refractivity contribution in [3.8, 4) is 0 Å². The van der Waals surface area contributed by atoms with Gasteiger partial charge in [0.1, 0.15) is 0 Å². The number of nitro groups is 2. The first-order valence-corrected chi connectivity index (χ1v) is 20.7. The number of fused-ring (bicyclic) bond motifs is 2. The first-order valence-electron chi connectivity index (χ1n) is 20.7. The number of nitrogens with zero attached hydrogens (tertiary/aromatic N) is 6. The lowest BCUT2D eigenvalue weighted by molar-refractivity contribution is -0.384. The van der Waals surface area contributed by atoms with Crippen LogP contribution in [0.4, 0.5) is 37.7 Å². The normalized spacial score (nSPS) is 13.9. The maximum absolute atomic E-state index is 14.3. The van der Waals surface area contributed by atoms with Gasteiger partial charge in [-0.3, -0.25) is 30.2 Å². The molecule has 2 unspecified atom stereocenters. The Kier molecular flexibility index (Phi) is 14.0. The summed E-state index contributed by atoms with van der Waals surface area (Å²) in [4.78, 5) is 29.2. The average molecular weight is 935 g/mol. The third-order valence-electron chi connectivity index (χ3n) is 11.2. The van der Waals surface area contributed by atoms with Gasteiger partial charge >= 0.3 is 12.4 Å². The number of benzene rings is 4. The number of aliphatic hydroxyl groups is 2. The zero-order chi connectivity index (χ0) is 48.7. The van der Waals surface area contributed by atoms with Gasteiger partial charge in [0, 0.05) is 109 Å². The van der Waals surface area contributed by atoms with Crippen molar-refractivity contribution in [1.82, 2.24) is 19.1 Å². The van der Waals surface area contributed by atoms with Crippen molar-refractivity contribution in [2.24, 2.45) is 0 Å². The summed E-state index contributed by atoms with van der Waals surface area (Å²) >= 11 is 0. The Morgan fingerprint density at radius 3 is 1.25 bits per heavy atom. The number of non-ortho nitro benzene ring substituents is 2. The van der Waals surface area contributed by atoms with Crippen molar-refractivity contribution >= 4 is 45.3 Å². The second-order valence-electron chi connectivity index (χ2n) is 15.7. The minimum Gasteiger partial charge on any atom is -0.376 e. The molecule has 68 heavy (non-hydrogen) atoms. The van der Waals surface area contributed by atoms with Crippen molar-refractivity contribution in [2.75, 3.05) is 0 Å². The summed E-state index contributed by atoms with van der Waals surface area (Å²) in [6, 6.07) is 31.9. The van der Waals surface area contributed by atoms with E-state index < -0.39 is 46.2 Å². The first-order chi connectivity index (χ1) is 32.4. The van der Waals surface area contributed by atoms with Crippen LogP contribution < -0.4 is 0 Å². The highest BCUT2D eigenvalue weighted by atomic mass is 19.4. The lowest BCUT2D eigenvalue weighted by atomic mass is 9.89. The van der Waals surface area contributed by atoms with Gasteiger partial charge in [0.05, 0.1) is 20.9 Å². The van der Waals surface area contributed by atoms with Gasteiger partial charge in [-0.2, -0.15) is 26.3 Å². The van der Waals surface area contributed by atoms with Crippen molar-refractivity contribution in [3.63, 3.8) is 0 Å². The van der Waals surface area contributed by atoms with Crippen LogP contribution in [0.3, 0.4) is 0 Å². The number of pyridine rings is 2. The van der Waals surface area contributed by atoms with E-state index in [1.165, 1.54) is 82.5 Å². The van der Waals surface area contributed by atoms with E-state index in [0.717, 1.165) is 23.3 Å². The van der Waals surface area contributed by atoms with Crippen molar-refractivity contribution in [3.05, 3.63) is 224 Å². The van der Waals surface area contributed by atoms with Gasteiger partial charge in [-0.1, -0.05) is 97.1 Å². The minimum atomic E-state index is -5.00. The number of nitro benzene ring substituents is 2. The van der Waals surface area contributed by atoms with Gasteiger partial charge in [0.2, 0.25) is 0 Å². The Morgan fingerprint density at radius 1 is 0.544 bits per heavy atom. The zero-order valence-electron chi connectivity index (χ0n) is 35.6. The highest BCUT2D eigenvalue weighted by Gasteiger charge is 2.56. The molecule has 8 rings (SSSR count). The molecule has 2 atom stereocenters. The molecule has 8 aromatic rings. The monoisotopic (exact) mass is 934 g/mol. The Bertz CT molecular complexity index is 2880. The first kappa shape index (κ1) is 48.0. The lowest BCUT2D eigenvalue weighted by Crippen LogP contribution is -2.41. The topological polar surface area (TPSA) is 162 Å². The Morgan fingerprint density at radius 2 is 0.926 bits per heavy atom. The molecule has 4 heterocycles. The highest BCUT2D eigenvalue weighted by molar-refractivity contribution is 5.88. The summed E-state index contributed by atoms with van der Waals surface area (Å²) in [6.07, 6.45) is 2.46. The van der Waals surface area contributed by atoms with Gasteiger partial charge in [-0.05, 0) is 46.5 Å². The zero-order valence-corrected chi connectivity index (χ0v) is 35.6. The van der Waals surface area contributed by atoms with Crippen molar-refractivity contribution in [2.45, 2.75) is 49.5 Å². The molecule has 2 N–H and O–H groups in total. The van der Waals surface area contributed by atoms with Crippen molar-refractivity contribution < 1.29 is 46.4 Å². The molecule has 4 aromatic heterocycles. The fraction of sp³-hybridized carbons (Fsp3) is 0.160. The predicted molar refractivity (Wildman–Crippen MR) is 244 cm³/mol. The molecule has 0 spiro atoms. The summed E-state index contributed by atoms with van der Waals surface area (Å²) in [5.41, 5.74) is -4.41. The van der Waals surface area contributed by atoms with Crippen LogP contribution in [0.5, 0.6) is 0 Å². The minimum absolute atomic E-state index is 0.0936. The van der Waals surface area contributed by atoms with E-state index in [4.69, 9.17) is 0 Å². The molecule has 0 bridgehead atoms. The fourth-order valence-corrected chi connectivity index (χ4v) is 7.71. The molecule has 0 saturated carbocycles. The molecule has 18 heteroatoms. The van der Waals surface area contributed by atoms with Gasteiger partial charge in [0.15, 0.2) is 11.2 Å². The molecule has 0 aliphatic carbocycles. The van der Waals surface area contributed by atoms with Crippen LogP contribution in [0, 0.1) is 20.2 Å². The van der Waals surface area contributed by atoms with Crippen LogP contribution >= 0.6 is 0 Å². The van der Waals surface area contributed by atoms with Crippen LogP contribution in [0.1, 0.15) is 46.2 Å². The number of hydrogen-bond donors (Lipinski definition) is 2. The highest BCUT2D eigenvalue weighted by Crippen LogP contribution is 2.47. The number of rotatable bonds is 14. The van der Waals surface area contributed by atoms with Gasteiger partial charge in [-0.25, -0.2) is 0 Å². The van der Waals surface area contributed by atoms with E-state index in [1.54, 1.807) is 85.2 Å². The van der Waals surface area contributed by atoms with E-state index in [0.29, 0.717) is 11.1 Å². The molecule has 0 radical (unpaired) electrons. The smallest absolute Gasteiger partial charge is 0.376 e. The number of halogens is 6. The second kappa shape index (κ2) is 19.9. The SMILES string of the molecule is O=[N+]([O-])c1ccc2c(C(O)(C/C=C/c3cccnc3)C(F)(F)F)cn(Cc3ccccc3)c2c1.O=[N+]([O-])c1ccc2c(C(O)(C/C=C/c3cccnc3)C(F)(F)F)cn(Cc3ccccc3)c2c1. The number of hydrogen-bond acceptors (Lipinski definition) is 8. The quantitative estimate of drug-likeness (QED) is 0.0618. The summed E-state index contributed by atoms with van der Waals surface area (Å²) < 4.78 is 88.6. The Hall–Kier alpha value is -7.96. The maximum atomic E-state index is 14.3. The van der Waals surface area contributed by atoms with Crippen LogP contribution in [-0.2, 0) is 24.3 Å². The van der Waals surface area contributed by atoms with Gasteiger partial charge in [0.25, 0.3) is 11.4 Å². The third kappa shape index (κ3) is 10.5. The van der Waals surface area contributed by atoms with Crippen molar-refractivity contribution in [1.29, 1.82) is 0 Å². The summed E-state index contributed by atoms with van der Waals surface area (Å²) in [7, 11) is 0. The van der Waals surface area contributed by atoms with Crippen LogP contribution in [0.2, 0.25) is 0 Å². The Labute approximate surface area is 383 Å². The summed E-state index contributed by atoms with van der Waals surface area (Å²) in [5, 5.41) is 44.8. The average Bonchev–Trinajstić information content (AvgIpc) is 3.87. The van der Waals surface area contributed by atoms with Gasteiger partial charge < -0.3 is 19.3 Å². The van der Waals surface area contributed by atoms with Crippen LogP contribution in [0.15, 0.2) is 171 Å². The molecule has 0 fully saturated rings. The predicted octanol–water partition coefficient (Wildman–Crippen LogP) is 11.7. The molecule has 12 nitrogen and oxygen atoms in total. The Balaban J connectivity index is 0.000000201. The van der Waals surface area contributed by atoms with E-state index in [1.807, 2.05) is 12.1 Å². The lowest BCUT2D eigenvalue weighted by Gasteiger charge is -2.29. The van der Waals surface area contributed by atoms with Crippen LogP contribution in [0.25, 0.3) is 34.0 Å². The standard InChI is InChI=1S/2C25H20F3N3O3/c2*26-25(27,28)24(32,12-4-8-18-9-5-13-29-15-18)22-17-30(16-19-6-2-1-3-7-19)23-14-20(31(33)34)10-11-21(22)23/h2*1-11,13-15,17,32H,12,16H2/b2*8-4+. The van der Waals surface area contributed by atoms with E-state index >= 15 is 0 Å². The molecular weight excluding hydrogens is 895 g/mol. The molecule has 348 valence electrons. The molecule has 0 aliphatic heterocycles. The van der Waals surface area contributed by atoms with E-state index in [9.17, 15) is 56.8 Å². The van der Waals surface area contributed by atoms with Crippen LogP contribution in [-0.4, -0.2) is 51.5 Å². The molecule has 0 aliphatic rings. The molecule has 0 amide bonds. The molecular formula is C50H40F6N6O6. The molecule has 0 saturated heterocycles. The van der Waals surface area contributed by atoms with Gasteiger partial charge in [-0.15, -0.1) is 0 Å². The largest absolute Gasteiger partial charge is 0.421 e. The number of alkyl halides is 6. The molecule has 4 aromatic carbocycles. The van der Waals surface area contributed by atoms with E-state index in [2.05, 4.69) is 9.97 Å². The van der Waals surface area contributed by atoms with E-state index in [-0.39, 0.29) is 57.4 Å². The maximum Gasteiger partial charge on any atom is 0.421 e. The fourth-order valence-electron chi connectivity index (χ4n) is 7.71.